The third kappa shape index (κ3) is 2.45. The summed E-state index contributed by atoms with van der Waals surface area (Å²) in [7, 11) is 0. The fourth-order valence-electron chi connectivity index (χ4n) is 1.94. The van der Waals surface area contributed by atoms with E-state index in [-0.39, 0.29) is 0 Å². The summed E-state index contributed by atoms with van der Waals surface area (Å²) < 4.78 is 2.92. The van der Waals surface area contributed by atoms with Crippen molar-refractivity contribution in [2.45, 2.75) is 6.54 Å². The van der Waals surface area contributed by atoms with Crippen LogP contribution in [0.5, 0.6) is 0 Å². The standard InChI is InChI=1S/C13H13BrN6/c14-10-4-2-1-3-9(10)7-17-12-13-16-5-6-20(13)8-11(18-12)19-15/h1-6,8,19H,7,15H2,(H,17,18). The van der Waals surface area contributed by atoms with Crippen LogP contribution in [0.1, 0.15) is 5.56 Å². The maximum atomic E-state index is 5.43. The van der Waals surface area contributed by atoms with E-state index >= 15 is 0 Å². The lowest BCUT2D eigenvalue weighted by Crippen LogP contribution is -2.12. The second-order valence-electron chi connectivity index (χ2n) is 4.22. The van der Waals surface area contributed by atoms with Crippen molar-refractivity contribution in [1.29, 1.82) is 0 Å². The Morgan fingerprint density at radius 3 is 2.95 bits per heavy atom. The largest absolute Gasteiger partial charge is 0.363 e. The molecule has 2 aromatic heterocycles. The molecule has 6 nitrogen and oxygen atoms in total. The Balaban J connectivity index is 1.90. The second kappa shape index (κ2) is 5.48. The number of aromatic nitrogens is 3. The van der Waals surface area contributed by atoms with Crippen molar-refractivity contribution in [3.8, 4) is 0 Å². The molecule has 0 radical (unpaired) electrons. The molecule has 0 atom stereocenters. The molecule has 0 fully saturated rings. The number of imidazole rings is 1. The molecule has 3 rings (SSSR count). The SMILES string of the molecule is NNc1cn2ccnc2c(NCc2ccccc2Br)n1. The van der Waals surface area contributed by atoms with E-state index in [0.29, 0.717) is 18.2 Å². The minimum absolute atomic E-state index is 0.574. The van der Waals surface area contributed by atoms with Crippen LogP contribution >= 0.6 is 15.9 Å². The smallest absolute Gasteiger partial charge is 0.180 e. The highest BCUT2D eigenvalue weighted by Gasteiger charge is 2.07. The first-order valence-electron chi connectivity index (χ1n) is 6.05. The third-order valence-electron chi connectivity index (χ3n) is 2.93. The summed E-state index contributed by atoms with van der Waals surface area (Å²) in [5.74, 6) is 6.68. The maximum absolute atomic E-state index is 5.43. The molecule has 0 aliphatic carbocycles. The van der Waals surface area contributed by atoms with Crippen LogP contribution in [0.4, 0.5) is 11.6 Å². The van der Waals surface area contributed by atoms with Crippen LogP contribution in [0.2, 0.25) is 0 Å². The van der Waals surface area contributed by atoms with Gasteiger partial charge in [-0.25, -0.2) is 15.8 Å². The van der Waals surface area contributed by atoms with Gasteiger partial charge >= 0.3 is 0 Å². The maximum Gasteiger partial charge on any atom is 0.180 e. The number of fused-ring (bicyclic) bond motifs is 1. The number of nitrogens with zero attached hydrogens (tertiary/aromatic N) is 3. The average molecular weight is 333 g/mol. The number of nitrogens with one attached hydrogen (secondary N) is 2. The van der Waals surface area contributed by atoms with Crippen LogP contribution in [0.25, 0.3) is 5.65 Å². The number of anilines is 2. The van der Waals surface area contributed by atoms with Crippen LogP contribution in [0, 0.1) is 0 Å². The number of hydrogen-bond donors (Lipinski definition) is 3. The molecule has 0 saturated heterocycles. The van der Waals surface area contributed by atoms with Gasteiger partial charge in [-0.05, 0) is 11.6 Å². The first-order valence-corrected chi connectivity index (χ1v) is 6.85. The molecule has 20 heavy (non-hydrogen) atoms. The van der Waals surface area contributed by atoms with Crippen LogP contribution in [-0.4, -0.2) is 14.4 Å². The zero-order chi connectivity index (χ0) is 13.9. The summed E-state index contributed by atoms with van der Waals surface area (Å²) in [5.41, 5.74) is 4.45. The van der Waals surface area contributed by atoms with Crippen LogP contribution in [0.3, 0.4) is 0 Å². The molecule has 102 valence electrons. The molecule has 0 aliphatic heterocycles. The summed E-state index contributed by atoms with van der Waals surface area (Å²) in [6, 6.07) is 8.04. The van der Waals surface area contributed by atoms with Gasteiger partial charge in [0.1, 0.15) is 0 Å². The van der Waals surface area contributed by atoms with Crippen molar-refractivity contribution in [3.63, 3.8) is 0 Å². The van der Waals surface area contributed by atoms with Crippen LogP contribution in [0.15, 0.2) is 47.3 Å². The molecule has 0 spiro atoms. The number of hydrazine groups is 1. The second-order valence-corrected chi connectivity index (χ2v) is 5.08. The molecule has 0 amide bonds. The Morgan fingerprint density at radius 1 is 1.30 bits per heavy atom. The number of nitrogen functional groups attached to an aromatic ring is 1. The monoisotopic (exact) mass is 332 g/mol. The number of hydrogen-bond acceptors (Lipinski definition) is 5. The molecule has 4 N–H and O–H groups in total. The van der Waals surface area contributed by atoms with Gasteiger partial charge in [-0.15, -0.1) is 0 Å². The Hall–Kier alpha value is -2.12. The molecule has 0 aliphatic rings. The topological polar surface area (TPSA) is 80.3 Å². The van der Waals surface area contributed by atoms with Gasteiger partial charge in [0, 0.05) is 23.4 Å². The Morgan fingerprint density at radius 2 is 2.15 bits per heavy atom. The lowest BCUT2D eigenvalue weighted by Gasteiger charge is -2.10. The van der Waals surface area contributed by atoms with Gasteiger partial charge in [0.2, 0.25) is 0 Å². The molecular formula is C13H13BrN6. The van der Waals surface area contributed by atoms with Crippen molar-refractivity contribution in [3.05, 3.63) is 52.9 Å². The van der Waals surface area contributed by atoms with Crippen LogP contribution in [-0.2, 0) is 6.54 Å². The molecule has 1 aromatic carbocycles. The van der Waals surface area contributed by atoms with Gasteiger partial charge in [-0.1, -0.05) is 34.1 Å². The number of benzene rings is 1. The summed E-state index contributed by atoms with van der Waals surface area (Å²) in [6.45, 7) is 0.644. The van der Waals surface area contributed by atoms with Gasteiger partial charge in [0.05, 0.1) is 6.20 Å². The van der Waals surface area contributed by atoms with E-state index in [2.05, 4.69) is 36.6 Å². The number of halogens is 1. The van der Waals surface area contributed by atoms with Crippen molar-refractivity contribution >= 4 is 33.2 Å². The quantitative estimate of drug-likeness (QED) is 0.505. The number of rotatable bonds is 4. The highest BCUT2D eigenvalue weighted by Crippen LogP contribution is 2.20. The van der Waals surface area contributed by atoms with E-state index < -0.39 is 0 Å². The summed E-state index contributed by atoms with van der Waals surface area (Å²) in [4.78, 5) is 8.68. The van der Waals surface area contributed by atoms with Gasteiger partial charge in [-0.3, -0.25) is 0 Å². The molecular weight excluding hydrogens is 320 g/mol. The first kappa shape index (κ1) is 12.9. The van der Waals surface area contributed by atoms with Gasteiger partial charge < -0.3 is 15.1 Å². The fraction of sp³-hybridized carbons (Fsp3) is 0.0769. The molecule has 7 heteroatoms. The zero-order valence-electron chi connectivity index (χ0n) is 10.5. The Labute approximate surface area is 124 Å². The minimum atomic E-state index is 0.574. The molecule has 2 heterocycles. The normalized spacial score (nSPS) is 10.7. The predicted molar refractivity (Wildman–Crippen MR) is 82.3 cm³/mol. The van der Waals surface area contributed by atoms with Crippen molar-refractivity contribution in [1.82, 2.24) is 14.4 Å². The first-order chi connectivity index (χ1) is 9.78. The lowest BCUT2D eigenvalue weighted by molar-refractivity contribution is 1.06. The average Bonchev–Trinajstić information content (AvgIpc) is 2.94. The van der Waals surface area contributed by atoms with Gasteiger partial charge in [0.15, 0.2) is 17.3 Å². The lowest BCUT2D eigenvalue weighted by atomic mass is 10.2. The molecule has 0 bridgehead atoms. The van der Waals surface area contributed by atoms with E-state index in [0.717, 1.165) is 15.7 Å². The minimum Gasteiger partial charge on any atom is -0.363 e. The molecule has 0 unspecified atom stereocenters. The predicted octanol–water partition coefficient (Wildman–Crippen LogP) is 2.39. The summed E-state index contributed by atoms with van der Waals surface area (Å²) in [6.07, 6.45) is 5.36. The third-order valence-corrected chi connectivity index (χ3v) is 3.70. The number of nitrogens with two attached hydrogens (primary N) is 1. The Bertz CT molecular complexity index is 739. The van der Waals surface area contributed by atoms with Crippen LogP contribution < -0.4 is 16.6 Å². The van der Waals surface area contributed by atoms with Crippen molar-refractivity contribution in [2.75, 3.05) is 10.7 Å². The molecule has 3 aromatic rings. The summed E-state index contributed by atoms with van der Waals surface area (Å²) in [5, 5.41) is 3.29. The Kier molecular flexibility index (Phi) is 3.53. The van der Waals surface area contributed by atoms with Crippen molar-refractivity contribution < 1.29 is 0 Å². The summed E-state index contributed by atoms with van der Waals surface area (Å²) >= 11 is 3.53. The van der Waals surface area contributed by atoms with E-state index in [1.807, 2.05) is 34.9 Å². The van der Waals surface area contributed by atoms with E-state index in [1.54, 1.807) is 12.4 Å². The fourth-order valence-corrected chi connectivity index (χ4v) is 2.37. The highest BCUT2D eigenvalue weighted by molar-refractivity contribution is 9.10. The van der Waals surface area contributed by atoms with Crippen molar-refractivity contribution in [2.24, 2.45) is 5.84 Å². The van der Waals surface area contributed by atoms with Gasteiger partial charge in [-0.2, -0.15) is 0 Å². The zero-order valence-corrected chi connectivity index (χ0v) is 12.1. The highest BCUT2D eigenvalue weighted by atomic mass is 79.9. The van der Waals surface area contributed by atoms with Gasteiger partial charge in [0.25, 0.3) is 0 Å². The van der Waals surface area contributed by atoms with E-state index in [9.17, 15) is 0 Å². The van der Waals surface area contributed by atoms with E-state index in [1.165, 1.54) is 0 Å². The molecule has 0 saturated carbocycles. The van der Waals surface area contributed by atoms with E-state index in [4.69, 9.17) is 5.84 Å².